The Balaban J connectivity index is 1.78. The maximum atomic E-state index is 12.0. The van der Waals surface area contributed by atoms with Crippen molar-refractivity contribution in [3.05, 3.63) is 29.8 Å². The minimum atomic E-state index is -0.240. The molecule has 2 amide bonds. The highest BCUT2D eigenvalue weighted by Gasteiger charge is 2.25. The van der Waals surface area contributed by atoms with E-state index in [-0.39, 0.29) is 24.3 Å². The highest BCUT2D eigenvalue weighted by atomic mass is 16.5. The van der Waals surface area contributed by atoms with E-state index in [1.165, 1.54) is 0 Å². The Hall–Kier alpha value is -2.10. The summed E-state index contributed by atoms with van der Waals surface area (Å²) in [6.45, 7) is 8.57. The number of urea groups is 1. The van der Waals surface area contributed by atoms with E-state index in [9.17, 15) is 4.79 Å². The molecule has 0 saturated carbocycles. The van der Waals surface area contributed by atoms with Gasteiger partial charge in [-0.25, -0.2) is 4.79 Å². The highest BCUT2D eigenvalue weighted by molar-refractivity contribution is 5.89. The lowest BCUT2D eigenvalue weighted by atomic mass is 10.2. The van der Waals surface area contributed by atoms with E-state index in [4.69, 9.17) is 10.00 Å². The lowest BCUT2D eigenvalue weighted by Crippen LogP contribution is -2.52. The molecule has 1 aromatic rings. The molecule has 1 aliphatic heterocycles. The summed E-state index contributed by atoms with van der Waals surface area (Å²) in [6, 6.07) is 8.83. The van der Waals surface area contributed by atoms with Crippen LogP contribution in [0.3, 0.4) is 0 Å². The predicted molar refractivity (Wildman–Crippen MR) is 89.2 cm³/mol. The number of hydrogen-bond donors (Lipinski definition) is 2. The molecule has 0 spiro atoms. The van der Waals surface area contributed by atoms with Crippen molar-refractivity contribution in [3.63, 3.8) is 0 Å². The van der Waals surface area contributed by atoms with Crippen LogP contribution in [-0.2, 0) is 4.74 Å². The number of nitriles is 1. The minimum absolute atomic E-state index is 0.216. The van der Waals surface area contributed by atoms with Crippen molar-refractivity contribution in [1.82, 2.24) is 10.2 Å². The summed E-state index contributed by atoms with van der Waals surface area (Å²) in [6.07, 6.45) is 0.433. The normalized spacial score (nSPS) is 22.9. The Bertz CT molecular complexity index is 557. The van der Waals surface area contributed by atoms with Gasteiger partial charge >= 0.3 is 6.03 Å². The van der Waals surface area contributed by atoms with Gasteiger partial charge < -0.3 is 15.4 Å². The average Bonchev–Trinajstić information content (AvgIpc) is 2.52. The summed E-state index contributed by atoms with van der Waals surface area (Å²) in [5.41, 5.74) is 1.24. The van der Waals surface area contributed by atoms with Gasteiger partial charge in [0.2, 0.25) is 0 Å². The average molecular weight is 316 g/mol. The van der Waals surface area contributed by atoms with Crippen molar-refractivity contribution in [1.29, 1.82) is 5.26 Å². The number of benzene rings is 1. The van der Waals surface area contributed by atoms with E-state index in [0.29, 0.717) is 17.8 Å². The van der Waals surface area contributed by atoms with Crippen LogP contribution in [0.4, 0.5) is 10.5 Å². The Kier molecular flexibility index (Phi) is 5.97. The molecule has 1 heterocycles. The molecule has 0 unspecified atom stereocenters. The Morgan fingerprint density at radius 2 is 1.96 bits per heavy atom. The second kappa shape index (κ2) is 7.95. The molecule has 6 heteroatoms. The molecule has 2 rings (SSSR count). The van der Waals surface area contributed by atoms with E-state index in [1.807, 2.05) is 6.07 Å². The Morgan fingerprint density at radius 1 is 1.35 bits per heavy atom. The molecule has 2 N–H and O–H groups in total. The van der Waals surface area contributed by atoms with Crippen LogP contribution in [0, 0.1) is 11.3 Å². The van der Waals surface area contributed by atoms with Crippen molar-refractivity contribution in [2.75, 3.05) is 25.0 Å². The van der Waals surface area contributed by atoms with Crippen molar-refractivity contribution in [3.8, 4) is 6.07 Å². The van der Waals surface area contributed by atoms with Crippen LogP contribution in [0.2, 0.25) is 0 Å². The lowest BCUT2D eigenvalue weighted by molar-refractivity contribution is -0.0777. The van der Waals surface area contributed by atoms with Crippen molar-refractivity contribution < 1.29 is 9.53 Å². The number of ether oxygens (including phenoxy) is 1. The van der Waals surface area contributed by atoms with Gasteiger partial charge in [-0.3, -0.25) is 4.90 Å². The molecule has 124 valence electrons. The number of morpholine rings is 1. The van der Waals surface area contributed by atoms with Crippen molar-refractivity contribution in [2.45, 2.75) is 39.0 Å². The van der Waals surface area contributed by atoms with Gasteiger partial charge in [-0.05, 0) is 45.0 Å². The molecular formula is C17H24N4O2. The van der Waals surface area contributed by atoms with Gasteiger partial charge in [0.1, 0.15) is 0 Å². The zero-order valence-electron chi connectivity index (χ0n) is 13.9. The van der Waals surface area contributed by atoms with Gasteiger partial charge in [-0.15, -0.1) is 0 Å². The quantitative estimate of drug-likeness (QED) is 0.892. The van der Waals surface area contributed by atoms with Crippen LogP contribution < -0.4 is 10.6 Å². The van der Waals surface area contributed by atoms with E-state index < -0.39 is 0 Å². The molecular weight excluding hydrogens is 292 g/mol. The summed E-state index contributed by atoms with van der Waals surface area (Å²) in [5.74, 6) is 0. The van der Waals surface area contributed by atoms with Crippen LogP contribution in [0.5, 0.6) is 0 Å². The standard InChI is InChI=1S/C17H24N4O2/c1-12(21-10-13(2)23-14(3)11-21)9-19-17(22)20-16-6-4-15(8-18)5-7-16/h4-7,12-14H,9-11H2,1-3H3,(H2,19,20,22)/t12-,13-,14+/m1/s1. The fourth-order valence-electron chi connectivity index (χ4n) is 2.75. The van der Waals surface area contributed by atoms with E-state index in [1.54, 1.807) is 24.3 Å². The minimum Gasteiger partial charge on any atom is -0.373 e. The predicted octanol–water partition coefficient (Wildman–Crippen LogP) is 2.18. The largest absolute Gasteiger partial charge is 0.373 e. The van der Waals surface area contributed by atoms with Crippen LogP contribution in [0.15, 0.2) is 24.3 Å². The highest BCUT2D eigenvalue weighted by Crippen LogP contribution is 2.13. The number of nitrogens with one attached hydrogen (secondary N) is 2. The maximum Gasteiger partial charge on any atom is 0.319 e. The molecule has 1 aromatic carbocycles. The van der Waals surface area contributed by atoms with Crippen molar-refractivity contribution in [2.24, 2.45) is 0 Å². The smallest absolute Gasteiger partial charge is 0.319 e. The monoisotopic (exact) mass is 316 g/mol. The fourth-order valence-corrected chi connectivity index (χ4v) is 2.75. The molecule has 1 fully saturated rings. The fraction of sp³-hybridized carbons (Fsp3) is 0.529. The van der Waals surface area contributed by atoms with Gasteiger partial charge in [0.05, 0.1) is 23.8 Å². The van der Waals surface area contributed by atoms with Crippen molar-refractivity contribution >= 4 is 11.7 Å². The number of rotatable bonds is 4. The zero-order chi connectivity index (χ0) is 16.8. The van der Waals surface area contributed by atoms with Gasteiger partial charge in [0, 0.05) is 31.4 Å². The number of amides is 2. The third kappa shape index (κ3) is 5.23. The van der Waals surface area contributed by atoms with E-state index >= 15 is 0 Å². The number of anilines is 1. The first kappa shape index (κ1) is 17.3. The molecule has 0 radical (unpaired) electrons. The molecule has 23 heavy (non-hydrogen) atoms. The number of carbonyl (C=O) groups is 1. The number of carbonyl (C=O) groups excluding carboxylic acids is 1. The third-order valence-corrected chi connectivity index (χ3v) is 3.90. The molecule has 0 bridgehead atoms. The second-order valence-corrected chi connectivity index (χ2v) is 6.08. The number of nitrogens with zero attached hydrogens (tertiary/aromatic N) is 2. The van der Waals surface area contributed by atoms with Gasteiger partial charge in [0.15, 0.2) is 0 Å². The van der Waals surface area contributed by atoms with Crippen LogP contribution in [-0.4, -0.2) is 48.8 Å². The Morgan fingerprint density at radius 3 is 2.52 bits per heavy atom. The van der Waals surface area contributed by atoms with Crippen LogP contribution in [0.25, 0.3) is 0 Å². The summed E-state index contributed by atoms with van der Waals surface area (Å²) in [5, 5.41) is 14.4. The van der Waals surface area contributed by atoms with E-state index in [0.717, 1.165) is 13.1 Å². The van der Waals surface area contributed by atoms with Crippen LogP contribution >= 0.6 is 0 Å². The molecule has 0 aliphatic carbocycles. The first-order chi connectivity index (χ1) is 11.0. The topological polar surface area (TPSA) is 77.4 Å². The summed E-state index contributed by atoms with van der Waals surface area (Å²) in [4.78, 5) is 14.3. The summed E-state index contributed by atoms with van der Waals surface area (Å²) >= 11 is 0. The van der Waals surface area contributed by atoms with Gasteiger partial charge in [-0.2, -0.15) is 5.26 Å². The van der Waals surface area contributed by atoms with Gasteiger partial charge in [0.25, 0.3) is 0 Å². The van der Waals surface area contributed by atoms with E-state index in [2.05, 4.69) is 36.3 Å². The Labute approximate surface area is 137 Å². The summed E-state index contributed by atoms with van der Waals surface area (Å²) < 4.78 is 5.73. The molecule has 3 atom stereocenters. The molecule has 1 saturated heterocycles. The van der Waals surface area contributed by atoms with Crippen LogP contribution in [0.1, 0.15) is 26.3 Å². The van der Waals surface area contributed by atoms with Gasteiger partial charge in [-0.1, -0.05) is 0 Å². The second-order valence-electron chi connectivity index (χ2n) is 6.08. The zero-order valence-corrected chi connectivity index (χ0v) is 13.9. The first-order valence-electron chi connectivity index (χ1n) is 7.92. The summed E-state index contributed by atoms with van der Waals surface area (Å²) in [7, 11) is 0. The molecule has 1 aliphatic rings. The molecule has 0 aromatic heterocycles. The first-order valence-corrected chi connectivity index (χ1v) is 7.92. The lowest BCUT2D eigenvalue weighted by Gasteiger charge is -2.38. The molecule has 6 nitrogen and oxygen atoms in total. The third-order valence-electron chi connectivity index (χ3n) is 3.90. The SMILES string of the molecule is C[C@@H]1CN([C@H](C)CNC(=O)Nc2ccc(C#N)cc2)C[C@H](C)O1. The maximum absolute atomic E-state index is 12.0. The number of hydrogen-bond acceptors (Lipinski definition) is 4.